The van der Waals surface area contributed by atoms with Crippen LogP contribution in [0.4, 0.5) is 0 Å². The van der Waals surface area contributed by atoms with Crippen LogP contribution in [0.25, 0.3) is 0 Å². The van der Waals surface area contributed by atoms with E-state index in [1.54, 1.807) is 0 Å². The molecule has 0 N–H and O–H groups in total. The van der Waals surface area contributed by atoms with Gasteiger partial charge < -0.3 is 9.47 Å². The Kier molecular flexibility index (Phi) is 5.62. The summed E-state index contributed by atoms with van der Waals surface area (Å²) in [7, 11) is 0. The largest absolute Gasteiger partial charge is 0.381 e. The van der Waals surface area contributed by atoms with Gasteiger partial charge in [0.05, 0.1) is 26.4 Å². The van der Waals surface area contributed by atoms with Crippen molar-refractivity contribution in [3.8, 4) is 0 Å². The second kappa shape index (κ2) is 6.49. The van der Waals surface area contributed by atoms with Crippen LogP contribution >= 0.6 is 0 Å². The first kappa shape index (κ1) is 13.0. The highest BCUT2D eigenvalue weighted by molar-refractivity contribution is 4.67. The van der Waals surface area contributed by atoms with Gasteiger partial charge in [-0.1, -0.05) is 27.7 Å². The average molecular weight is 214 g/mol. The highest BCUT2D eigenvalue weighted by Gasteiger charge is 2.21. The van der Waals surface area contributed by atoms with Gasteiger partial charge in [0.15, 0.2) is 0 Å². The molecule has 0 amide bonds. The zero-order valence-corrected chi connectivity index (χ0v) is 10.7. The topological polar surface area (TPSA) is 18.5 Å². The summed E-state index contributed by atoms with van der Waals surface area (Å²) >= 11 is 0. The zero-order valence-electron chi connectivity index (χ0n) is 10.7. The molecule has 2 rings (SSSR count). The van der Waals surface area contributed by atoms with E-state index in [9.17, 15) is 0 Å². The molecule has 15 heavy (non-hydrogen) atoms. The van der Waals surface area contributed by atoms with Gasteiger partial charge in [0.2, 0.25) is 0 Å². The minimum absolute atomic E-state index is 0.828. The molecule has 0 spiro atoms. The SMILES string of the molecule is CC(C)C1COC1.CC(C)CC1COC1. The third-order valence-electron chi connectivity index (χ3n) is 3.12. The molecule has 2 aliphatic heterocycles. The Balaban J connectivity index is 0.000000151. The number of hydrogen-bond donors (Lipinski definition) is 0. The van der Waals surface area contributed by atoms with Crippen LogP contribution in [0.3, 0.4) is 0 Å². The van der Waals surface area contributed by atoms with Gasteiger partial charge in [-0.05, 0) is 18.3 Å². The summed E-state index contributed by atoms with van der Waals surface area (Å²) in [4.78, 5) is 0. The van der Waals surface area contributed by atoms with Crippen molar-refractivity contribution in [3.05, 3.63) is 0 Å². The monoisotopic (exact) mass is 214 g/mol. The van der Waals surface area contributed by atoms with Crippen molar-refractivity contribution in [1.82, 2.24) is 0 Å². The second-order valence-electron chi connectivity index (χ2n) is 5.57. The molecule has 2 heterocycles. The first-order valence-corrected chi connectivity index (χ1v) is 6.25. The summed E-state index contributed by atoms with van der Waals surface area (Å²) < 4.78 is 10.0. The smallest absolute Gasteiger partial charge is 0.0518 e. The molecule has 90 valence electrons. The zero-order chi connectivity index (χ0) is 11.3. The molecule has 0 bridgehead atoms. The van der Waals surface area contributed by atoms with E-state index >= 15 is 0 Å². The maximum absolute atomic E-state index is 5.04. The van der Waals surface area contributed by atoms with Crippen molar-refractivity contribution >= 4 is 0 Å². The van der Waals surface area contributed by atoms with E-state index in [0.29, 0.717) is 0 Å². The lowest BCUT2D eigenvalue weighted by molar-refractivity contribution is -0.0534. The number of ether oxygens (including phenoxy) is 2. The van der Waals surface area contributed by atoms with E-state index in [1.807, 2.05) is 0 Å². The molecule has 2 fully saturated rings. The van der Waals surface area contributed by atoms with Crippen molar-refractivity contribution in [2.45, 2.75) is 34.1 Å². The molecular weight excluding hydrogens is 188 g/mol. The van der Waals surface area contributed by atoms with Crippen molar-refractivity contribution in [2.24, 2.45) is 23.7 Å². The number of rotatable bonds is 3. The molecule has 2 saturated heterocycles. The van der Waals surface area contributed by atoms with Gasteiger partial charge in [-0.3, -0.25) is 0 Å². The Bertz CT molecular complexity index is 158. The van der Waals surface area contributed by atoms with Gasteiger partial charge in [0, 0.05) is 11.8 Å². The average Bonchev–Trinajstić information content (AvgIpc) is 1.93. The number of hydrogen-bond acceptors (Lipinski definition) is 2. The highest BCUT2D eigenvalue weighted by Crippen LogP contribution is 2.19. The molecule has 2 nitrogen and oxygen atoms in total. The standard InChI is InChI=1S/C7H14O.C6H12O/c1-6(2)3-7-4-8-5-7;1-5(2)6-3-7-4-6/h6-7H,3-5H2,1-2H3;5-6H,3-4H2,1-2H3. The van der Waals surface area contributed by atoms with Crippen molar-refractivity contribution < 1.29 is 9.47 Å². The highest BCUT2D eigenvalue weighted by atomic mass is 16.5. The van der Waals surface area contributed by atoms with Crippen molar-refractivity contribution in [1.29, 1.82) is 0 Å². The molecule has 0 saturated carbocycles. The van der Waals surface area contributed by atoms with E-state index in [4.69, 9.17) is 9.47 Å². The van der Waals surface area contributed by atoms with Crippen LogP contribution in [0.1, 0.15) is 34.1 Å². The first-order chi connectivity index (χ1) is 7.09. The summed E-state index contributed by atoms with van der Waals surface area (Å²) in [5.41, 5.74) is 0. The molecule has 0 aliphatic carbocycles. The second-order valence-corrected chi connectivity index (χ2v) is 5.57. The van der Waals surface area contributed by atoms with Gasteiger partial charge >= 0.3 is 0 Å². The van der Waals surface area contributed by atoms with E-state index in [-0.39, 0.29) is 0 Å². The summed E-state index contributed by atoms with van der Waals surface area (Å²) in [6, 6.07) is 0. The minimum atomic E-state index is 0.828. The summed E-state index contributed by atoms with van der Waals surface area (Å²) in [5, 5.41) is 0. The molecule has 0 aromatic heterocycles. The molecule has 2 aliphatic rings. The molecule has 0 radical (unpaired) electrons. The molecule has 0 aromatic carbocycles. The molecule has 2 heteroatoms. The minimum Gasteiger partial charge on any atom is -0.381 e. The lowest BCUT2D eigenvalue weighted by Crippen LogP contribution is -2.31. The molecule has 0 aromatic rings. The van der Waals surface area contributed by atoms with E-state index in [2.05, 4.69) is 27.7 Å². The van der Waals surface area contributed by atoms with Crippen LogP contribution in [0.15, 0.2) is 0 Å². The Morgan fingerprint density at radius 3 is 1.53 bits per heavy atom. The van der Waals surface area contributed by atoms with Gasteiger partial charge in [0.1, 0.15) is 0 Å². The predicted molar refractivity (Wildman–Crippen MR) is 62.9 cm³/mol. The van der Waals surface area contributed by atoms with Crippen LogP contribution in [0, 0.1) is 23.7 Å². The lowest BCUT2D eigenvalue weighted by atomic mass is 9.95. The van der Waals surface area contributed by atoms with Crippen LogP contribution < -0.4 is 0 Å². The molecule has 0 atom stereocenters. The normalized spacial score (nSPS) is 22.0. The predicted octanol–water partition coefficient (Wildman–Crippen LogP) is 2.97. The Labute approximate surface area is 94.3 Å². The van der Waals surface area contributed by atoms with E-state index in [1.165, 1.54) is 6.42 Å². The van der Waals surface area contributed by atoms with Gasteiger partial charge in [0.25, 0.3) is 0 Å². The Hall–Kier alpha value is -0.0800. The van der Waals surface area contributed by atoms with Crippen LogP contribution in [0.5, 0.6) is 0 Å². The van der Waals surface area contributed by atoms with Gasteiger partial charge in [-0.15, -0.1) is 0 Å². The first-order valence-electron chi connectivity index (χ1n) is 6.25. The van der Waals surface area contributed by atoms with Crippen molar-refractivity contribution in [3.63, 3.8) is 0 Å². The maximum atomic E-state index is 5.04. The van der Waals surface area contributed by atoms with Crippen LogP contribution in [-0.2, 0) is 9.47 Å². The van der Waals surface area contributed by atoms with Crippen LogP contribution in [0.2, 0.25) is 0 Å². The fourth-order valence-corrected chi connectivity index (χ4v) is 1.73. The summed E-state index contributed by atoms with van der Waals surface area (Å²) in [6.45, 7) is 13.0. The Morgan fingerprint density at radius 1 is 0.933 bits per heavy atom. The third-order valence-corrected chi connectivity index (χ3v) is 3.12. The van der Waals surface area contributed by atoms with Crippen molar-refractivity contribution in [2.75, 3.05) is 26.4 Å². The summed E-state index contributed by atoms with van der Waals surface area (Å²) in [5.74, 6) is 3.42. The molecular formula is C13H26O2. The van der Waals surface area contributed by atoms with Crippen LogP contribution in [-0.4, -0.2) is 26.4 Å². The fourth-order valence-electron chi connectivity index (χ4n) is 1.73. The van der Waals surface area contributed by atoms with E-state index < -0.39 is 0 Å². The third kappa shape index (κ3) is 4.98. The van der Waals surface area contributed by atoms with Gasteiger partial charge in [-0.25, -0.2) is 0 Å². The fraction of sp³-hybridized carbons (Fsp3) is 1.00. The quantitative estimate of drug-likeness (QED) is 0.719. The Morgan fingerprint density at radius 2 is 1.47 bits per heavy atom. The molecule has 0 unspecified atom stereocenters. The summed E-state index contributed by atoms with van der Waals surface area (Å²) in [6.07, 6.45) is 1.35. The lowest BCUT2D eigenvalue weighted by Gasteiger charge is -2.29. The van der Waals surface area contributed by atoms with E-state index in [0.717, 1.165) is 50.1 Å². The maximum Gasteiger partial charge on any atom is 0.0518 e. The van der Waals surface area contributed by atoms with Gasteiger partial charge in [-0.2, -0.15) is 0 Å².